The predicted octanol–water partition coefficient (Wildman–Crippen LogP) is 2.04. The fourth-order valence-electron chi connectivity index (χ4n) is 1.91. The third-order valence-corrected chi connectivity index (χ3v) is 3.15. The van der Waals surface area contributed by atoms with E-state index in [1.165, 1.54) is 5.56 Å². The molecule has 0 spiro atoms. The van der Waals surface area contributed by atoms with Crippen molar-refractivity contribution in [2.24, 2.45) is 0 Å². The Bertz CT molecular complexity index is 440. The van der Waals surface area contributed by atoms with Gasteiger partial charge in [-0.3, -0.25) is 0 Å². The van der Waals surface area contributed by atoms with Crippen LogP contribution in [0.25, 0.3) is 0 Å². The maximum atomic E-state index is 3.96. The molecule has 1 aromatic carbocycles. The first-order valence-corrected chi connectivity index (χ1v) is 6.29. The normalized spacial score (nSPS) is 14.3. The molecule has 1 aromatic heterocycles. The van der Waals surface area contributed by atoms with Gasteiger partial charge in [0.05, 0.1) is 6.04 Å². The van der Waals surface area contributed by atoms with Crippen LogP contribution in [0.3, 0.4) is 0 Å². The first-order chi connectivity index (χ1) is 8.77. The van der Waals surface area contributed by atoms with Crippen LogP contribution >= 0.6 is 0 Å². The second-order valence-electron chi connectivity index (χ2n) is 4.55. The van der Waals surface area contributed by atoms with Crippen LogP contribution in [0.1, 0.15) is 43.6 Å². The van der Waals surface area contributed by atoms with Crippen LogP contribution in [0, 0.1) is 0 Å². The predicted molar refractivity (Wildman–Crippen MR) is 70.1 cm³/mol. The van der Waals surface area contributed by atoms with E-state index in [-0.39, 0.29) is 6.04 Å². The van der Waals surface area contributed by atoms with Crippen molar-refractivity contribution < 1.29 is 0 Å². The summed E-state index contributed by atoms with van der Waals surface area (Å²) in [7, 11) is 0. The maximum absolute atomic E-state index is 3.96. The SMILES string of the molecule is CC(CCNC(C)c1nn[nH]n1)c1ccccc1. The Morgan fingerprint density at radius 3 is 2.67 bits per heavy atom. The molecule has 0 radical (unpaired) electrons. The summed E-state index contributed by atoms with van der Waals surface area (Å²) >= 11 is 0. The number of aromatic amines is 1. The highest BCUT2D eigenvalue weighted by atomic mass is 15.5. The van der Waals surface area contributed by atoms with Crippen molar-refractivity contribution in [2.75, 3.05) is 6.54 Å². The molecule has 0 fully saturated rings. The zero-order valence-electron chi connectivity index (χ0n) is 10.8. The molecule has 2 rings (SSSR count). The van der Waals surface area contributed by atoms with Crippen molar-refractivity contribution in [3.8, 4) is 0 Å². The van der Waals surface area contributed by atoms with Gasteiger partial charge in [0, 0.05) is 0 Å². The summed E-state index contributed by atoms with van der Waals surface area (Å²) in [5, 5.41) is 17.3. The Morgan fingerprint density at radius 1 is 1.22 bits per heavy atom. The van der Waals surface area contributed by atoms with Crippen LogP contribution in [0.4, 0.5) is 0 Å². The monoisotopic (exact) mass is 245 g/mol. The van der Waals surface area contributed by atoms with Gasteiger partial charge in [0.2, 0.25) is 0 Å². The fraction of sp³-hybridized carbons (Fsp3) is 0.462. The molecule has 5 nitrogen and oxygen atoms in total. The van der Waals surface area contributed by atoms with Gasteiger partial charge in [-0.25, -0.2) is 0 Å². The summed E-state index contributed by atoms with van der Waals surface area (Å²) in [6, 6.07) is 10.7. The van der Waals surface area contributed by atoms with Crippen LogP contribution in [0.2, 0.25) is 0 Å². The summed E-state index contributed by atoms with van der Waals surface area (Å²) in [4.78, 5) is 0. The van der Waals surface area contributed by atoms with Crippen molar-refractivity contribution >= 4 is 0 Å². The number of nitrogens with one attached hydrogen (secondary N) is 2. The Morgan fingerprint density at radius 2 is 2.00 bits per heavy atom. The third-order valence-electron chi connectivity index (χ3n) is 3.15. The van der Waals surface area contributed by atoms with Crippen LogP contribution in [-0.2, 0) is 0 Å². The number of rotatable bonds is 6. The van der Waals surface area contributed by atoms with Gasteiger partial charge in [-0.1, -0.05) is 42.5 Å². The van der Waals surface area contributed by atoms with E-state index < -0.39 is 0 Å². The molecule has 0 aliphatic rings. The summed E-state index contributed by atoms with van der Waals surface area (Å²) < 4.78 is 0. The molecule has 0 aliphatic heterocycles. The van der Waals surface area contributed by atoms with Gasteiger partial charge < -0.3 is 5.32 Å². The lowest BCUT2D eigenvalue weighted by molar-refractivity contribution is 0.513. The van der Waals surface area contributed by atoms with E-state index in [9.17, 15) is 0 Å². The number of tetrazole rings is 1. The minimum Gasteiger partial charge on any atom is -0.307 e. The second kappa shape index (κ2) is 6.26. The molecule has 0 aliphatic carbocycles. The van der Waals surface area contributed by atoms with E-state index in [0.717, 1.165) is 13.0 Å². The Balaban J connectivity index is 1.76. The molecular weight excluding hydrogens is 226 g/mol. The van der Waals surface area contributed by atoms with Gasteiger partial charge in [-0.05, 0) is 31.4 Å². The molecule has 18 heavy (non-hydrogen) atoms. The number of aromatic nitrogens is 4. The molecule has 2 aromatic rings. The van der Waals surface area contributed by atoms with E-state index >= 15 is 0 Å². The van der Waals surface area contributed by atoms with Crippen LogP contribution < -0.4 is 5.32 Å². The number of hydrogen-bond donors (Lipinski definition) is 2. The second-order valence-corrected chi connectivity index (χ2v) is 4.55. The lowest BCUT2D eigenvalue weighted by atomic mass is 9.98. The Labute approximate surface area is 107 Å². The molecule has 1 heterocycles. The molecule has 0 amide bonds. The molecule has 2 N–H and O–H groups in total. The van der Waals surface area contributed by atoms with Gasteiger partial charge in [0.25, 0.3) is 0 Å². The first-order valence-electron chi connectivity index (χ1n) is 6.29. The minimum atomic E-state index is 0.131. The fourth-order valence-corrected chi connectivity index (χ4v) is 1.91. The number of nitrogens with zero attached hydrogens (tertiary/aromatic N) is 3. The topological polar surface area (TPSA) is 66.5 Å². The van der Waals surface area contributed by atoms with Gasteiger partial charge in [-0.15, -0.1) is 10.2 Å². The van der Waals surface area contributed by atoms with E-state index in [4.69, 9.17) is 0 Å². The van der Waals surface area contributed by atoms with Crippen molar-refractivity contribution in [3.05, 3.63) is 41.7 Å². The quantitative estimate of drug-likeness (QED) is 0.817. The van der Waals surface area contributed by atoms with E-state index in [2.05, 4.69) is 57.1 Å². The lowest BCUT2D eigenvalue weighted by Crippen LogP contribution is -2.22. The van der Waals surface area contributed by atoms with Gasteiger partial charge in [0.1, 0.15) is 0 Å². The van der Waals surface area contributed by atoms with Crippen molar-refractivity contribution in [1.82, 2.24) is 25.9 Å². The van der Waals surface area contributed by atoms with Crippen molar-refractivity contribution in [3.63, 3.8) is 0 Å². The zero-order valence-corrected chi connectivity index (χ0v) is 10.8. The summed E-state index contributed by atoms with van der Waals surface area (Å²) in [6.07, 6.45) is 1.09. The lowest BCUT2D eigenvalue weighted by Gasteiger charge is -2.14. The summed E-state index contributed by atoms with van der Waals surface area (Å²) in [5.74, 6) is 1.26. The maximum Gasteiger partial charge on any atom is 0.191 e. The summed E-state index contributed by atoms with van der Waals surface area (Å²) in [5.41, 5.74) is 1.38. The smallest absolute Gasteiger partial charge is 0.191 e. The van der Waals surface area contributed by atoms with E-state index in [0.29, 0.717) is 11.7 Å². The van der Waals surface area contributed by atoms with Crippen LogP contribution in [0.15, 0.2) is 30.3 Å². The van der Waals surface area contributed by atoms with Crippen LogP contribution in [0.5, 0.6) is 0 Å². The Hall–Kier alpha value is -1.75. The molecule has 96 valence electrons. The highest BCUT2D eigenvalue weighted by Gasteiger charge is 2.10. The average molecular weight is 245 g/mol. The molecular formula is C13H19N5. The standard InChI is InChI=1S/C13H19N5/c1-10(12-6-4-3-5-7-12)8-9-14-11(2)13-15-17-18-16-13/h3-7,10-11,14H,8-9H2,1-2H3,(H,15,16,17,18). The van der Waals surface area contributed by atoms with E-state index in [1.807, 2.05) is 13.0 Å². The molecule has 0 saturated heterocycles. The molecule has 5 heteroatoms. The van der Waals surface area contributed by atoms with Crippen LogP contribution in [-0.4, -0.2) is 27.2 Å². The number of hydrogen-bond acceptors (Lipinski definition) is 4. The molecule has 0 bridgehead atoms. The first kappa shape index (κ1) is 12.7. The molecule has 2 unspecified atom stereocenters. The van der Waals surface area contributed by atoms with Gasteiger partial charge in [-0.2, -0.15) is 5.21 Å². The Kier molecular flexibility index (Phi) is 4.41. The molecule has 0 saturated carbocycles. The molecule has 2 atom stereocenters. The number of H-pyrrole nitrogens is 1. The minimum absolute atomic E-state index is 0.131. The van der Waals surface area contributed by atoms with E-state index in [1.54, 1.807) is 0 Å². The van der Waals surface area contributed by atoms with Crippen molar-refractivity contribution in [1.29, 1.82) is 0 Å². The van der Waals surface area contributed by atoms with Gasteiger partial charge in [0.15, 0.2) is 5.82 Å². The largest absolute Gasteiger partial charge is 0.307 e. The zero-order chi connectivity index (χ0) is 12.8. The highest BCUT2D eigenvalue weighted by Crippen LogP contribution is 2.18. The highest BCUT2D eigenvalue weighted by molar-refractivity contribution is 5.18. The van der Waals surface area contributed by atoms with Gasteiger partial charge >= 0.3 is 0 Å². The average Bonchev–Trinajstić information content (AvgIpc) is 2.93. The number of benzene rings is 1. The third kappa shape index (κ3) is 3.37. The van der Waals surface area contributed by atoms with Crippen molar-refractivity contribution in [2.45, 2.75) is 32.2 Å². The summed E-state index contributed by atoms with van der Waals surface area (Å²) in [6.45, 7) is 5.22.